The van der Waals surface area contributed by atoms with Gasteiger partial charge in [-0.25, -0.2) is 9.36 Å². The van der Waals surface area contributed by atoms with E-state index in [4.69, 9.17) is 13.8 Å². The topological polar surface area (TPSA) is 169 Å². The number of aliphatic carboxylic acids is 1. The predicted molar refractivity (Wildman–Crippen MR) is 194 cm³/mol. The second-order valence-electron chi connectivity index (χ2n) is 12.1. The van der Waals surface area contributed by atoms with Gasteiger partial charge in [-0.05, 0) is 51.4 Å². The van der Waals surface area contributed by atoms with E-state index >= 15 is 0 Å². The second-order valence-corrected chi connectivity index (χ2v) is 13.5. The van der Waals surface area contributed by atoms with Crippen LogP contribution >= 0.6 is 7.82 Å². The molecule has 3 unspecified atom stereocenters. The van der Waals surface area contributed by atoms with E-state index in [2.05, 4.69) is 55.6 Å². The molecule has 12 heteroatoms. The van der Waals surface area contributed by atoms with Gasteiger partial charge in [0.1, 0.15) is 12.7 Å². The van der Waals surface area contributed by atoms with E-state index in [9.17, 15) is 34.1 Å². The Balaban J connectivity index is 4.04. The average molecular weight is 714 g/mol. The number of amides is 1. The highest BCUT2D eigenvalue weighted by Gasteiger charge is 2.28. The van der Waals surface area contributed by atoms with Crippen LogP contribution in [0.2, 0.25) is 0 Å². The molecule has 0 heterocycles. The summed E-state index contributed by atoms with van der Waals surface area (Å²) in [5, 5.41) is 21.6. The van der Waals surface area contributed by atoms with Crippen LogP contribution in [0, 0.1) is 0 Å². The van der Waals surface area contributed by atoms with E-state index in [1.54, 1.807) is 0 Å². The Morgan fingerprint density at radius 1 is 0.653 bits per heavy atom. The number of carbonyl (C=O) groups is 3. The Bertz CT molecular complexity index is 1030. The number of phosphoric ester groups is 1. The standard InChI is InChI=1S/C37H64NO10P/c1-3-5-7-9-11-13-14-15-16-17-18-19-20-21-23-25-27-29-36(41)46-30-33(39)31-47-49(44,45)48-32-34(37(42)43)38-35(40)28-26-24-22-12-10-8-6-4-2/h11,13,15-16,18-19,21,23,33-34,39H,3-10,12,14,17,20,22,24-32H2,1-2H3,(H,38,40)(H,42,43)(H,44,45)/b13-11-,16-15-,19-18-,23-21-. The zero-order valence-corrected chi connectivity index (χ0v) is 30.9. The minimum absolute atomic E-state index is 0.140. The van der Waals surface area contributed by atoms with Crippen LogP contribution in [0.1, 0.15) is 136 Å². The molecule has 11 nitrogen and oxygen atoms in total. The number of esters is 1. The van der Waals surface area contributed by atoms with Gasteiger partial charge in [0.2, 0.25) is 5.91 Å². The molecule has 0 aromatic carbocycles. The maximum absolute atomic E-state index is 12.2. The van der Waals surface area contributed by atoms with Crippen LogP contribution in [-0.4, -0.2) is 64.9 Å². The van der Waals surface area contributed by atoms with Gasteiger partial charge in [-0.3, -0.25) is 18.6 Å². The molecule has 0 aromatic rings. The van der Waals surface area contributed by atoms with Gasteiger partial charge in [-0.1, -0.05) is 120 Å². The Morgan fingerprint density at radius 2 is 1.14 bits per heavy atom. The van der Waals surface area contributed by atoms with Crippen LogP contribution in [0.15, 0.2) is 48.6 Å². The zero-order chi connectivity index (χ0) is 36.4. The first-order valence-corrected chi connectivity index (χ1v) is 19.7. The molecule has 0 radical (unpaired) electrons. The third kappa shape index (κ3) is 32.4. The molecule has 0 rings (SSSR count). The van der Waals surface area contributed by atoms with Crippen molar-refractivity contribution in [3.05, 3.63) is 48.6 Å². The molecule has 0 aliphatic rings. The molecule has 0 aromatic heterocycles. The van der Waals surface area contributed by atoms with Gasteiger partial charge in [0.05, 0.1) is 13.2 Å². The van der Waals surface area contributed by atoms with Gasteiger partial charge in [0.25, 0.3) is 0 Å². The predicted octanol–water partition coefficient (Wildman–Crippen LogP) is 8.27. The molecule has 1 amide bonds. The van der Waals surface area contributed by atoms with Gasteiger partial charge in [0.15, 0.2) is 6.04 Å². The first-order valence-electron chi connectivity index (χ1n) is 18.2. The number of hydrogen-bond acceptors (Lipinski definition) is 8. The minimum atomic E-state index is -4.75. The number of ether oxygens (including phenoxy) is 1. The Hall–Kier alpha value is -2.56. The molecular formula is C37H64NO10P. The van der Waals surface area contributed by atoms with Crippen molar-refractivity contribution in [3.63, 3.8) is 0 Å². The largest absolute Gasteiger partial charge is 0.480 e. The lowest BCUT2D eigenvalue weighted by atomic mass is 10.1. The quantitative estimate of drug-likeness (QED) is 0.0225. The number of rotatable bonds is 33. The summed E-state index contributed by atoms with van der Waals surface area (Å²) in [5.41, 5.74) is 0. The van der Waals surface area contributed by atoms with Crippen molar-refractivity contribution in [1.82, 2.24) is 5.32 Å². The van der Waals surface area contributed by atoms with Crippen LogP contribution in [0.3, 0.4) is 0 Å². The number of carboxylic acids is 1. The van der Waals surface area contributed by atoms with E-state index in [0.717, 1.165) is 51.4 Å². The number of unbranched alkanes of at least 4 members (excludes halogenated alkanes) is 11. The first-order chi connectivity index (χ1) is 23.6. The highest BCUT2D eigenvalue weighted by atomic mass is 31.2. The van der Waals surface area contributed by atoms with E-state index in [-0.39, 0.29) is 12.8 Å². The van der Waals surface area contributed by atoms with Crippen LogP contribution in [0.4, 0.5) is 0 Å². The highest BCUT2D eigenvalue weighted by Crippen LogP contribution is 2.43. The molecule has 0 saturated heterocycles. The zero-order valence-electron chi connectivity index (χ0n) is 30.0. The maximum atomic E-state index is 12.2. The summed E-state index contributed by atoms with van der Waals surface area (Å²) in [7, 11) is -4.75. The highest BCUT2D eigenvalue weighted by molar-refractivity contribution is 7.47. The van der Waals surface area contributed by atoms with Gasteiger partial charge >= 0.3 is 19.8 Å². The van der Waals surface area contributed by atoms with Gasteiger partial charge < -0.3 is 25.2 Å². The lowest BCUT2D eigenvalue weighted by molar-refractivity contribution is -0.147. The number of aliphatic hydroxyl groups excluding tert-OH is 1. The van der Waals surface area contributed by atoms with Crippen LogP contribution in [0.5, 0.6) is 0 Å². The fraction of sp³-hybridized carbons (Fsp3) is 0.703. The van der Waals surface area contributed by atoms with Crippen LogP contribution in [-0.2, 0) is 32.7 Å². The smallest absolute Gasteiger partial charge is 0.472 e. The third-order valence-corrected chi connectivity index (χ3v) is 8.32. The van der Waals surface area contributed by atoms with Crippen molar-refractivity contribution in [2.75, 3.05) is 19.8 Å². The summed E-state index contributed by atoms with van der Waals surface area (Å²) >= 11 is 0. The summed E-state index contributed by atoms with van der Waals surface area (Å²) in [4.78, 5) is 45.4. The number of nitrogens with one attached hydrogen (secondary N) is 1. The summed E-state index contributed by atoms with van der Waals surface area (Å²) in [6, 6.07) is -1.55. The number of allylic oxidation sites excluding steroid dienone is 8. The van der Waals surface area contributed by atoms with E-state index < -0.39 is 57.6 Å². The molecule has 4 N–H and O–H groups in total. The molecule has 0 bridgehead atoms. The van der Waals surface area contributed by atoms with E-state index in [0.29, 0.717) is 19.3 Å². The van der Waals surface area contributed by atoms with Crippen molar-refractivity contribution in [2.45, 2.75) is 148 Å². The number of carbonyl (C=O) groups excluding carboxylic acids is 2. The molecule has 0 saturated carbocycles. The number of phosphoric acid groups is 1. The fourth-order valence-corrected chi connectivity index (χ4v) is 5.25. The maximum Gasteiger partial charge on any atom is 0.472 e. The summed E-state index contributed by atoms with van der Waals surface area (Å²) in [6.45, 7) is 2.42. The van der Waals surface area contributed by atoms with Crippen molar-refractivity contribution in [3.8, 4) is 0 Å². The molecule has 0 aliphatic carbocycles. The second kappa shape index (κ2) is 32.6. The summed E-state index contributed by atoms with van der Waals surface area (Å²) < 4.78 is 26.6. The van der Waals surface area contributed by atoms with Crippen molar-refractivity contribution in [2.24, 2.45) is 0 Å². The Kier molecular flexibility index (Phi) is 30.9. The van der Waals surface area contributed by atoms with Crippen molar-refractivity contribution in [1.29, 1.82) is 0 Å². The summed E-state index contributed by atoms with van der Waals surface area (Å²) in [6.07, 6.45) is 33.2. The van der Waals surface area contributed by atoms with Gasteiger partial charge in [-0.15, -0.1) is 0 Å². The van der Waals surface area contributed by atoms with Crippen LogP contribution in [0.25, 0.3) is 0 Å². The molecule has 0 spiro atoms. The lowest BCUT2D eigenvalue weighted by Gasteiger charge is -2.18. The molecule has 49 heavy (non-hydrogen) atoms. The molecule has 0 fully saturated rings. The SMILES string of the molecule is CCCCC/C=C\C/C=C\C/C=C\C/C=C\CCCC(=O)OCC(O)COP(=O)(O)OCC(NC(=O)CCCCCCCCCC)C(=O)O. The monoisotopic (exact) mass is 713 g/mol. The number of aliphatic hydroxyl groups is 1. The van der Waals surface area contributed by atoms with Crippen molar-refractivity contribution < 1.29 is 47.8 Å². The summed E-state index contributed by atoms with van der Waals surface area (Å²) in [5.74, 6) is -2.45. The number of hydrogen-bond donors (Lipinski definition) is 4. The van der Waals surface area contributed by atoms with Gasteiger partial charge in [-0.2, -0.15) is 0 Å². The minimum Gasteiger partial charge on any atom is -0.480 e. The molecule has 3 atom stereocenters. The molecular weight excluding hydrogens is 649 g/mol. The number of carboxylic acid groups (broad SMARTS) is 1. The van der Waals surface area contributed by atoms with E-state index in [1.807, 2.05) is 12.2 Å². The first kappa shape index (κ1) is 46.4. The Morgan fingerprint density at radius 3 is 1.71 bits per heavy atom. The lowest BCUT2D eigenvalue weighted by Crippen LogP contribution is -2.43. The average Bonchev–Trinajstić information content (AvgIpc) is 3.07. The van der Waals surface area contributed by atoms with Crippen molar-refractivity contribution >= 4 is 25.7 Å². The molecule has 282 valence electrons. The van der Waals surface area contributed by atoms with Crippen LogP contribution < -0.4 is 5.32 Å². The normalized spacial score (nSPS) is 14.5. The fourth-order valence-electron chi connectivity index (χ4n) is 4.48. The van der Waals surface area contributed by atoms with E-state index in [1.165, 1.54) is 38.5 Å². The third-order valence-electron chi connectivity index (χ3n) is 7.37. The molecule has 0 aliphatic heterocycles. The van der Waals surface area contributed by atoms with Gasteiger partial charge in [0, 0.05) is 12.8 Å². The Labute approximate surface area is 294 Å².